The number of oxazole rings is 1. The number of rotatable bonds is 4. The van der Waals surface area contributed by atoms with E-state index in [4.69, 9.17) is 4.42 Å². The fraction of sp³-hybridized carbons (Fsp3) is 0.438. The molecule has 2 aliphatic rings. The highest BCUT2D eigenvalue weighted by atomic mass is 32.2. The van der Waals surface area contributed by atoms with E-state index in [1.165, 1.54) is 4.31 Å². The summed E-state index contributed by atoms with van der Waals surface area (Å²) in [6.45, 7) is 2.96. The van der Waals surface area contributed by atoms with Crippen LogP contribution in [-0.2, 0) is 10.0 Å². The Labute approximate surface area is 134 Å². The first kappa shape index (κ1) is 14.9. The van der Waals surface area contributed by atoms with Crippen molar-refractivity contribution in [2.45, 2.75) is 11.8 Å². The van der Waals surface area contributed by atoms with Gasteiger partial charge in [-0.2, -0.15) is 4.31 Å². The number of aliphatic hydroxyl groups excluding tert-OH is 1. The van der Waals surface area contributed by atoms with Crippen molar-refractivity contribution < 1.29 is 17.9 Å². The molecule has 1 aliphatic heterocycles. The first-order chi connectivity index (χ1) is 11.0. The first-order valence-corrected chi connectivity index (χ1v) is 9.08. The van der Waals surface area contributed by atoms with E-state index in [0.717, 1.165) is 5.56 Å². The molecule has 1 aliphatic carbocycles. The van der Waals surface area contributed by atoms with Gasteiger partial charge in [0, 0.05) is 32.2 Å². The normalized spacial score (nSPS) is 27.1. The van der Waals surface area contributed by atoms with E-state index < -0.39 is 10.0 Å². The van der Waals surface area contributed by atoms with Gasteiger partial charge in [0.2, 0.25) is 10.0 Å². The van der Waals surface area contributed by atoms with Crippen LogP contribution in [0.4, 0.5) is 0 Å². The average Bonchev–Trinajstić information content (AvgIpc) is 2.91. The molecule has 2 fully saturated rings. The number of nitrogens with zero attached hydrogens (tertiary/aromatic N) is 2. The Bertz CT molecular complexity index is 816. The molecule has 4 rings (SSSR count). The Kier molecular flexibility index (Phi) is 3.33. The second-order valence-electron chi connectivity index (χ2n) is 6.27. The van der Waals surface area contributed by atoms with Crippen LogP contribution in [0.5, 0.6) is 0 Å². The highest BCUT2D eigenvalue weighted by Crippen LogP contribution is 2.52. The van der Waals surface area contributed by atoms with E-state index >= 15 is 0 Å². The van der Waals surface area contributed by atoms with E-state index in [1.54, 1.807) is 37.5 Å². The second-order valence-corrected chi connectivity index (χ2v) is 8.21. The van der Waals surface area contributed by atoms with Crippen molar-refractivity contribution in [3.8, 4) is 11.3 Å². The molecule has 0 bridgehead atoms. The third kappa shape index (κ3) is 2.39. The van der Waals surface area contributed by atoms with Gasteiger partial charge in [0.05, 0.1) is 4.90 Å². The summed E-state index contributed by atoms with van der Waals surface area (Å²) in [4.78, 5) is 4.53. The minimum atomic E-state index is -3.46. The fourth-order valence-electron chi connectivity index (χ4n) is 3.52. The van der Waals surface area contributed by atoms with Crippen molar-refractivity contribution in [2.75, 3.05) is 19.7 Å². The maximum atomic E-state index is 12.7. The number of aromatic nitrogens is 1. The van der Waals surface area contributed by atoms with Gasteiger partial charge in [0.1, 0.15) is 12.0 Å². The summed E-state index contributed by atoms with van der Waals surface area (Å²) >= 11 is 0. The maximum Gasteiger partial charge on any atom is 0.243 e. The molecule has 0 spiro atoms. The lowest BCUT2D eigenvalue weighted by Gasteiger charge is -2.19. The monoisotopic (exact) mass is 334 g/mol. The topological polar surface area (TPSA) is 83.6 Å². The molecular weight excluding hydrogens is 316 g/mol. The van der Waals surface area contributed by atoms with Crippen molar-refractivity contribution in [1.29, 1.82) is 0 Å². The van der Waals surface area contributed by atoms with E-state index in [2.05, 4.69) is 4.98 Å². The molecule has 0 radical (unpaired) electrons. The summed E-state index contributed by atoms with van der Waals surface area (Å²) in [5.74, 6) is 1.52. The Morgan fingerprint density at radius 1 is 1.26 bits per heavy atom. The molecule has 2 heterocycles. The van der Waals surface area contributed by atoms with E-state index in [9.17, 15) is 13.5 Å². The van der Waals surface area contributed by atoms with Crippen LogP contribution in [0.1, 0.15) is 5.89 Å². The van der Waals surface area contributed by atoms with Gasteiger partial charge in [-0.1, -0.05) is 12.1 Å². The third-order valence-corrected chi connectivity index (χ3v) is 6.80. The van der Waals surface area contributed by atoms with Crippen LogP contribution in [0.3, 0.4) is 0 Å². The lowest BCUT2D eigenvalue weighted by atomic mass is 10.2. The zero-order valence-electron chi connectivity index (χ0n) is 12.7. The number of hydrogen-bond donors (Lipinski definition) is 1. The lowest BCUT2D eigenvalue weighted by Crippen LogP contribution is -2.32. The minimum Gasteiger partial charge on any atom is -0.449 e. The van der Waals surface area contributed by atoms with E-state index in [-0.39, 0.29) is 6.61 Å². The summed E-state index contributed by atoms with van der Waals surface area (Å²) in [5.41, 5.74) is 1.52. The molecule has 7 heteroatoms. The predicted octanol–water partition coefficient (Wildman–Crippen LogP) is 1.51. The summed E-state index contributed by atoms with van der Waals surface area (Å²) < 4.78 is 32.1. The summed E-state index contributed by atoms with van der Waals surface area (Å²) in [6, 6.07) is 6.72. The van der Waals surface area contributed by atoms with Crippen molar-refractivity contribution in [3.05, 3.63) is 36.4 Å². The Morgan fingerprint density at radius 3 is 2.43 bits per heavy atom. The molecule has 23 heavy (non-hydrogen) atoms. The van der Waals surface area contributed by atoms with Crippen LogP contribution in [0, 0.1) is 24.7 Å². The van der Waals surface area contributed by atoms with Gasteiger partial charge in [-0.15, -0.1) is 0 Å². The van der Waals surface area contributed by atoms with Crippen LogP contribution in [-0.4, -0.2) is 42.5 Å². The molecule has 6 nitrogen and oxygen atoms in total. The van der Waals surface area contributed by atoms with Crippen molar-refractivity contribution >= 4 is 10.0 Å². The number of piperidine rings is 1. The standard InChI is InChI=1S/C16H18N2O4S/c1-10-17-16(9-22-10)11-2-4-12(5-3-11)23(20,21)18-6-13-14(7-18)15(13)8-19/h2-5,9,13-15,19H,6-8H2,1H3/t13-,14+,15?. The molecule has 0 amide bonds. The van der Waals surface area contributed by atoms with Crippen LogP contribution < -0.4 is 0 Å². The number of benzene rings is 1. The van der Waals surface area contributed by atoms with Gasteiger partial charge < -0.3 is 9.52 Å². The number of fused-ring (bicyclic) bond motifs is 1. The Balaban J connectivity index is 1.54. The van der Waals surface area contributed by atoms with Gasteiger partial charge in [-0.3, -0.25) is 0 Å². The maximum absolute atomic E-state index is 12.7. The Morgan fingerprint density at radius 2 is 1.91 bits per heavy atom. The largest absolute Gasteiger partial charge is 0.449 e. The molecule has 1 saturated carbocycles. The average molecular weight is 334 g/mol. The molecule has 1 saturated heterocycles. The van der Waals surface area contributed by atoms with Crippen LogP contribution in [0.2, 0.25) is 0 Å². The summed E-state index contributed by atoms with van der Waals surface area (Å²) in [5, 5.41) is 9.18. The quantitative estimate of drug-likeness (QED) is 0.916. The number of hydrogen-bond acceptors (Lipinski definition) is 5. The van der Waals surface area contributed by atoms with E-state index in [1.807, 2.05) is 0 Å². The van der Waals surface area contributed by atoms with Crippen LogP contribution in [0.25, 0.3) is 11.3 Å². The SMILES string of the molecule is Cc1nc(-c2ccc(S(=O)(=O)N3C[C@@H]4C(CO)[C@@H]4C3)cc2)co1. The van der Waals surface area contributed by atoms with Gasteiger partial charge in [-0.25, -0.2) is 13.4 Å². The smallest absolute Gasteiger partial charge is 0.243 e. The predicted molar refractivity (Wildman–Crippen MR) is 83.0 cm³/mol. The van der Waals surface area contributed by atoms with E-state index in [0.29, 0.717) is 47.3 Å². The highest BCUT2D eigenvalue weighted by molar-refractivity contribution is 7.89. The Hall–Kier alpha value is -1.70. The number of aryl methyl sites for hydroxylation is 1. The zero-order valence-corrected chi connectivity index (χ0v) is 13.5. The fourth-order valence-corrected chi connectivity index (χ4v) is 5.04. The molecule has 1 N–H and O–H groups in total. The molecular formula is C16H18N2O4S. The van der Waals surface area contributed by atoms with Crippen LogP contribution in [0.15, 0.2) is 39.8 Å². The highest BCUT2D eigenvalue weighted by Gasteiger charge is 2.57. The van der Waals surface area contributed by atoms with Gasteiger partial charge in [-0.05, 0) is 29.9 Å². The first-order valence-electron chi connectivity index (χ1n) is 7.64. The number of sulfonamides is 1. The van der Waals surface area contributed by atoms with Crippen molar-refractivity contribution in [2.24, 2.45) is 17.8 Å². The van der Waals surface area contributed by atoms with Crippen LogP contribution >= 0.6 is 0 Å². The second kappa shape index (κ2) is 5.15. The number of aliphatic hydroxyl groups is 1. The lowest BCUT2D eigenvalue weighted by molar-refractivity contribution is 0.247. The van der Waals surface area contributed by atoms with Crippen molar-refractivity contribution in [3.63, 3.8) is 0 Å². The molecule has 2 aromatic rings. The third-order valence-electron chi connectivity index (χ3n) is 4.96. The van der Waals surface area contributed by atoms with Gasteiger partial charge in [0.25, 0.3) is 0 Å². The zero-order chi connectivity index (χ0) is 16.2. The summed E-state index contributed by atoms with van der Waals surface area (Å²) in [6.07, 6.45) is 1.56. The van der Waals surface area contributed by atoms with Gasteiger partial charge >= 0.3 is 0 Å². The molecule has 3 atom stereocenters. The molecule has 1 aromatic carbocycles. The van der Waals surface area contributed by atoms with Crippen molar-refractivity contribution in [1.82, 2.24) is 9.29 Å². The summed E-state index contributed by atoms with van der Waals surface area (Å²) in [7, 11) is -3.46. The van der Waals surface area contributed by atoms with Gasteiger partial charge in [0.15, 0.2) is 5.89 Å². The molecule has 1 aromatic heterocycles. The minimum absolute atomic E-state index is 0.162. The molecule has 1 unspecified atom stereocenters. The molecule has 122 valence electrons.